The van der Waals surface area contributed by atoms with Gasteiger partial charge in [0.1, 0.15) is 0 Å². The van der Waals surface area contributed by atoms with Gasteiger partial charge in [-0.3, -0.25) is 0 Å². The molecule has 0 rings (SSSR count). The molecule has 0 bridgehead atoms. The molecule has 11 heavy (non-hydrogen) atoms. The minimum atomic E-state index is 0.612. The van der Waals surface area contributed by atoms with Crippen molar-refractivity contribution in [1.29, 1.82) is 0 Å². The number of hydrogen-bond acceptors (Lipinski definition) is 1. The molecule has 0 amide bonds. The van der Waals surface area contributed by atoms with Crippen LogP contribution < -0.4 is 5.32 Å². The van der Waals surface area contributed by atoms with Crippen LogP contribution in [0.5, 0.6) is 0 Å². The average molecular weight is 155 g/mol. The largest absolute Gasteiger partial charge is 0.311 e. The van der Waals surface area contributed by atoms with Crippen LogP contribution in [-0.4, -0.2) is 12.1 Å². The van der Waals surface area contributed by atoms with E-state index >= 15 is 0 Å². The van der Waals surface area contributed by atoms with Crippen LogP contribution in [0.1, 0.15) is 40.5 Å². The molecule has 0 spiro atoms. The molecular formula is C10H21N. The van der Waals surface area contributed by atoms with E-state index in [2.05, 4.69) is 45.2 Å². The van der Waals surface area contributed by atoms with Crippen molar-refractivity contribution >= 4 is 0 Å². The Morgan fingerprint density at radius 2 is 1.91 bits per heavy atom. The highest BCUT2D eigenvalue weighted by molar-refractivity contribution is 4.82. The summed E-state index contributed by atoms with van der Waals surface area (Å²) in [5, 5.41) is 3.51. The quantitative estimate of drug-likeness (QED) is 0.602. The molecule has 0 aromatic carbocycles. The van der Waals surface area contributed by atoms with Gasteiger partial charge >= 0.3 is 0 Å². The zero-order valence-electron chi connectivity index (χ0n) is 8.22. The molecule has 0 aromatic heterocycles. The molecule has 0 saturated carbocycles. The Bertz CT molecular complexity index is 107. The predicted molar refractivity (Wildman–Crippen MR) is 51.8 cm³/mol. The van der Waals surface area contributed by atoms with Gasteiger partial charge in [0.2, 0.25) is 0 Å². The number of hydrogen-bond donors (Lipinski definition) is 1. The van der Waals surface area contributed by atoms with E-state index in [0.717, 1.165) is 6.42 Å². The van der Waals surface area contributed by atoms with Crippen molar-refractivity contribution in [3.05, 3.63) is 12.2 Å². The van der Waals surface area contributed by atoms with Gasteiger partial charge in [-0.25, -0.2) is 0 Å². The van der Waals surface area contributed by atoms with E-state index in [0.29, 0.717) is 12.1 Å². The maximum Gasteiger partial charge on any atom is 0.00757 e. The van der Waals surface area contributed by atoms with E-state index in [9.17, 15) is 0 Å². The molecule has 0 saturated heterocycles. The lowest BCUT2D eigenvalue weighted by Gasteiger charge is -2.16. The monoisotopic (exact) mass is 155 g/mol. The Labute approximate surface area is 70.9 Å². The second-order valence-electron chi connectivity index (χ2n) is 3.18. The summed E-state index contributed by atoms with van der Waals surface area (Å²) in [6.45, 7) is 8.73. The van der Waals surface area contributed by atoms with Gasteiger partial charge in [-0.1, -0.05) is 19.1 Å². The smallest absolute Gasteiger partial charge is 0.00757 e. The van der Waals surface area contributed by atoms with Crippen LogP contribution in [0, 0.1) is 0 Å². The van der Waals surface area contributed by atoms with E-state index in [1.54, 1.807) is 0 Å². The van der Waals surface area contributed by atoms with Crippen molar-refractivity contribution < 1.29 is 0 Å². The molecule has 0 aliphatic rings. The SMILES string of the molecule is C/C=C\CC(C)NC(C)CC. The molecule has 0 fully saturated rings. The van der Waals surface area contributed by atoms with Gasteiger partial charge in [-0.05, 0) is 33.6 Å². The summed E-state index contributed by atoms with van der Waals surface area (Å²) in [5.74, 6) is 0. The van der Waals surface area contributed by atoms with Crippen molar-refractivity contribution in [3.8, 4) is 0 Å². The third kappa shape index (κ3) is 6.11. The first-order valence-electron chi connectivity index (χ1n) is 4.57. The van der Waals surface area contributed by atoms with Gasteiger partial charge < -0.3 is 5.32 Å². The zero-order chi connectivity index (χ0) is 8.69. The molecule has 2 atom stereocenters. The number of rotatable bonds is 5. The lowest BCUT2D eigenvalue weighted by atomic mass is 10.2. The summed E-state index contributed by atoms with van der Waals surface area (Å²) in [6, 6.07) is 1.26. The molecule has 2 unspecified atom stereocenters. The van der Waals surface area contributed by atoms with Crippen LogP contribution in [0.2, 0.25) is 0 Å². The lowest BCUT2D eigenvalue weighted by Crippen LogP contribution is -2.33. The van der Waals surface area contributed by atoms with Gasteiger partial charge in [0.25, 0.3) is 0 Å². The molecular weight excluding hydrogens is 134 g/mol. The van der Waals surface area contributed by atoms with Crippen molar-refractivity contribution in [3.63, 3.8) is 0 Å². The highest BCUT2D eigenvalue weighted by atomic mass is 14.9. The fourth-order valence-corrected chi connectivity index (χ4v) is 1.01. The van der Waals surface area contributed by atoms with E-state index in [4.69, 9.17) is 0 Å². The van der Waals surface area contributed by atoms with Crippen molar-refractivity contribution in [2.45, 2.75) is 52.6 Å². The maximum absolute atomic E-state index is 3.51. The topological polar surface area (TPSA) is 12.0 Å². The van der Waals surface area contributed by atoms with Gasteiger partial charge in [0, 0.05) is 12.1 Å². The standard InChI is InChI=1S/C10H21N/c1-5-7-8-10(4)11-9(3)6-2/h5,7,9-11H,6,8H2,1-4H3/b7-5-. The minimum Gasteiger partial charge on any atom is -0.311 e. The van der Waals surface area contributed by atoms with E-state index in [-0.39, 0.29) is 0 Å². The van der Waals surface area contributed by atoms with Crippen molar-refractivity contribution in [2.24, 2.45) is 0 Å². The number of nitrogens with one attached hydrogen (secondary N) is 1. The normalized spacial score (nSPS) is 17.1. The molecule has 0 heterocycles. The Kier molecular flexibility index (Phi) is 6.24. The van der Waals surface area contributed by atoms with Gasteiger partial charge in [0.15, 0.2) is 0 Å². The summed E-state index contributed by atoms with van der Waals surface area (Å²) in [5.41, 5.74) is 0. The van der Waals surface area contributed by atoms with Crippen molar-refractivity contribution in [1.82, 2.24) is 5.32 Å². The van der Waals surface area contributed by atoms with Gasteiger partial charge in [-0.2, -0.15) is 0 Å². The molecule has 0 radical (unpaired) electrons. The summed E-state index contributed by atoms with van der Waals surface area (Å²) < 4.78 is 0. The first-order chi connectivity index (χ1) is 5.20. The van der Waals surface area contributed by atoms with Crippen LogP contribution in [0.4, 0.5) is 0 Å². The average Bonchev–Trinajstić information content (AvgIpc) is 2.00. The Morgan fingerprint density at radius 3 is 2.36 bits per heavy atom. The fourth-order valence-electron chi connectivity index (χ4n) is 1.01. The molecule has 1 N–H and O–H groups in total. The zero-order valence-corrected chi connectivity index (χ0v) is 8.22. The summed E-state index contributed by atoms with van der Waals surface area (Å²) in [4.78, 5) is 0. The molecule has 1 heteroatoms. The Balaban J connectivity index is 3.42. The van der Waals surface area contributed by atoms with Crippen LogP contribution >= 0.6 is 0 Å². The van der Waals surface area contributed by atoms with Gasteiger partial charge in [-0.15, -0.1) is 0 Å². The summed E-state index contributed by atoms with van der Waals surface area (Å²) in [7, 11) is 0. The third-order valence-electron chi connectivity index (χ3n) is 1.91. The van der Waals surface area contributed by atoms with Crippen LogP contribution in [0.15, 0.2) is 12.2 Å². The van der Waals surface area contributed by atoms with E-state index in [1.165, 1.54) is 6.42 Å². The van der Waals surface area contributed by atoms with Crippen LogP contribution in [0.3, 0.4) is 0 Å². The molecule has 0 aliphatic heterocycles. The highest BCUT2D eigenvalue weighted by Crippen LogP contribution is 1.96. The minimum absolute atomic E-state index is 0.612. The van der Waals surface area contributed by atoms with Gasteiger partial charge in [0.05, 0.1) is 0 Å². The summed E-state index contributed by atoms with van der Waals surface area (Å²) in [6.07, 6.45) is 6.66. The van der Waals surface area contributed by atoms with Crippen LogP contribution in [-0.2, 0) is 0 Å². The van der Waals surface area contributed by atoms with Crippen molar-refractivity contribution in [2.75, 3.05) is 0 Å². The first-order valence-corrected chi connectivity index (χ1v) is 4.57. The maximum atomic E-state index is 3.51. The molecule has 1 nitrogen and oxygen atoms in total. The molecule has 66 valence electrons. The summed E-state index contributed by atoms with van der Waals surface area (Å²) >= 11 is 0. The van der Waals surface area contributed by atoms with Crippen LogP contribution in [0.25, 0.3) is 0 Å². The lowest BCUT2D eigenvalue weighted by molar-refractivity contribution is 0.460. The van der Waals surface area contributed by atoms with E-state index < -0.39 is 0 Å². The predicted octanol–water partition coefficient (Wildman–Crippen LogP) is 2.73. The Morgan fingerprint density at radius 1 is 1.27 bits per heavy atom. The number of allylic oxidation sites excluding steroid dienone is 1. The second-order valence-corrected chi connectivity index (χ2v) is 3.18. The van der Waals surface area contributed by atoms with E-state index in [1.807, 2.05) is 0 Å². The third-order valence-corrected chi connectivity index (χ3v) is 1.91. The molecule has 0 aromatic rings. The Hall–Kier alpha value is -0.300. The second kappa shape index (κ2) is 6.41. The fraction of sp³-hybridized carbons (Fsp3) is 0.800. The molecule has 0 aliphatic carbocycles. The first kappa shape index (κ1) is 10.7. The highest BCUT2D eigenvalue weighted by Gasteiger charge is 2.02.